The predicted molar refractivity (Wildman–Crippen MR) is 49.6 cm³/mol. The summed E-state index contributed by atoms with van der Waals surface area (Å²) in [4.78, 5) is 0. The lowest BCUT2D eigenvalue weighted by molar-refractivity contribution is 0.0309. The Morgan fingerprint density at radius 3 is 2.85 bits per heavy atom. The van der Waals surface area contributed by atoms with Crippen molar-refractivity contribution in [3.05, 3.63) is 0 Å². The average molecular weight is 208 g/mol. The Labute approximate surface area is 79.2 Å². The van der Waals surface area contributed by atoms with Gasteiger partial charge in [0.05, 0.1) is 13.2 Å². The zero-order chi connectivity index (χ0) is 9.90. The first-order valence-corrected chi connectivity index (χ1v) is 5.84. The minimum atomic E-state index is -3.28. The second kappa shape index (κ2) is 4.36. The van der Waals surface area contributed by atoms with Crippen molar-refractivity contribution in [1.29, 1.82) is 0 Å². The molecule has 6 heteroatoms. The maximum Gasteiger partial charge on any atom is 0.279 e. The van der Waals surface area contributed by atoms with Gasteiger partial charge in [0, 0.05) is 19.6 Å². The van der Waals surface area contributed by atoms with Gasteiger partial charge in [0.2, 0.25) is 0 Å². The Hall–Kier alpha value is -0.170. The molecule has 1 aliphatic heterocycles. The highest BCUT2D eigenvalue weighted by Crippen LogP contribution is 2.13. The average Bonchev–Trinajstić information content (AvgIpc) is 2.18. The number of nitrogens with zero attached hydrogens (tertiary/aromatic N) is 1. The van der Waals surface area contributed by atoms with Crippen LogP contribution in [0.4, 0.5) is 0 Å². The lowest BCUT2D eigenvalue weighted by Gasteiger charge is -2.33. The lowest BCUT2D eigenvalue weighted by atomic mass is 10.2. The quantitative estimate of drug-likeness (QED) is 0.684. The highest BCUT2D eigenvalue weighted by atomic mass is 32.2. The van der Waals surface area contributed by atoms with Crippen LogP contribution in [0.3, 0.4) is 0 Å². The van der Waals surface area contributed by atoms with E-state index in [0.717, 1.165) is 6.42 Å². The first-order valence-electron chi connectivity index (χ1n) is 4.40. The van der Waals surface area contributed by atoms with Crippen molar-refractivity contribution in [3.63, 3.8) is 0 Å². The molecule has 0 spiro atoms. The molecule has 0 aromatic rings. The van der Waals surface area contributed by atoms with E-state index < -0.39 is 10.2 Å². The summed E-state index contributed by atoms with van der Waals surface area (Å²) in [6, 6.07) is -0.0220. The monoisotopic (exact) mass is 208 g/mol. The third kappa shape index (κ3) is 2.40. The van der Waals surface area contributed by atoms with Gasteiger partial charge >= 0.3 is 0 Å². The molecule has 1 saturated heterocycles. The van der Waals surface area contributed by atoms with Gasteiger partial charge in [-0.3, -0.25) is 0 Å². The van der Waals surface area contributed by atoms with Gasteiger partial charge in [0.25, 0.3) is 10.2 Å². The summed E-state index contributed by atoms with van der Waals surface area (Å²) in [6.07, 6.45) is 0.779. The van der Waals surface area contributed by atoms with Crippen LogP contribution in [-0.2, 0) is 14.9 Å². The summed E-state index contributed by atoms with van der Waals surface area (Å²) in [6.45, 7) is 3.38. The molecule has 0 saturated carbocycles. The molecule has 1 heterocycles. The molecule has 5 nitrogen and oxygen atoms in total. The van der Waals surface area contributed by atoms with Crippen LogP contribution in [0.15, 0.2) is 0 Å². The molecule has 0 aromatic carbocycles. The van der Waals surface area contributed by atoms with E-state index in [9.17, 15) is 8.42 Å². The molecule has 0 amide bonds. The van der Waals surface area contributed by atoms with E-state index in [1.165, 1.54) is 11.4 Å². The Kier molecular flexibility index (Phi) is 3.66. The first kappa shape index (κ1) is 10.9. The minimum Gasteiger partial charge on any atom is -0.378 e. The third-order valence-corrected chi connectivity index (χ3v) is 3.83. The van der Waals surface area contributed by atoms with Crippen molar-refractivity contribution in [2.45, 2.75) is 19.4 Å². The molecule has 78 valence electrons. The van der Waals surface area contributed by atoms with Crippen LogP contribution < -0.4 is 4.72 Å². The van der Waals surface area contributed by atoms with Crippen molar-refractivity contribution in [2.75, 3.05) is 26.8 Å². The molecule has 0 unspecified atom stereocenters. The predicted octanol–water partition coefficient (Wildman–Crippen LogP) is -0.439. The fourth-order valence-electron chi connectivity index (χ4n) is 1.39. The van der Waals surface area contributed by atoms with E-state index in [2.05, 4.69) is 4.72 Å². The summed E-state index contributed by atoms with van der Waals surface area (Å²) in [5.41, 5.74) is 0. The summed E-state index contributed by atoms with van der Waals surface area (Å²) in [5, 5.41) is 0. The van der Waals surface area contributed by atoms with Crippen molar-refractivity contribution >= 4 is 10.2 Å². The zero-order valence-corrected chi connectivity index (χ0v) is 8.80. The minimum absolute atomic E-state index is 0.0220. The van der Waals surface area contributed by atoms with Gasteiger partial charge in [-0.2, -0.15) is 12.7 Å². The molecule has 1 rings (SSSR count). The van der Waals surface area contributed by atoms with E-state index in [-0.39, 0.29) is 6.04 Å². The molecule has 1 fully saturated rings. The summed E-state index contributed by atoms with van der Waals surface area (Å²) in [5.74, 6) is 0. The smallest absolute Gasteiger partial charge is 0.279 e. The molecule has 1 aliphatic rings. The van der Waals surface area contributed by atoms with Gasteiger partial charge in [0.15, 0.2) is 0 Å². The van der Waals surface area contributed by atoms with Crippen LogP contribution in [0.1, 0.15) is 13.3 Å². The van der Waals surface area contributed by atoms with Crippen LogP contribution in [0.25, 0.3) is 0 Å². The highest BCUT2D eigenvalue weighted by Gasteiger charge is 2.30. The number of hydrogen-bond acceptors (Lipinski definition) is 3. The van der Waals surface area contributed by atoms with Crippen LogP contribution in [0.2, 0.25) is 0 Å². The Balaban J connectivity index is 2.75. The van der Waals surface area contributed by atoms with E-state index in [4.69, 9.17) is 4.74 Å². The standard InChI is InChI=1S/C7H16N2O3S/c1-3-7-6-12-5-4-9(7)13(10,11)8-2/h7-8H,3-6H2,1-2H3/t7-/m1/s1. The maximum atomic E-state index is 11.5. The molecule has 0 aromatic heterocycles. The van der Waals surface area contributed by atoms with Crippen LogP contribution in [-0.4, -0.2) is 45.6 Å². The van der Waals surface area contributed by atoms with Gasteiger partial charge in [0.1, 0.15) is 0 Å². The Bertz CT molecular complexity index is 252. The molecule has 0 bridgehead atoms. The third-order valence-electron chi connectivity index (χ3n) is 2.21. The van der Waals surface area contributed by atoms with Crippen molar-refractivity contribution < 1.29 is 13.2 Å². The van der Waals surface area contributed by atoms with E-state index >= 15 is 0 Å². The van der Waals surface area contributed by atoms with Gasteiger partial charge in [-0.15, -0.1) is 0 Å². The summed E-state index contributed by atoms with van der Waals surface area (Å²) >= 11 is 0. The van der Waals surface area contributed by atoms with Gasteiger partial charge in [-0.05, 0) is 6.42 Å². The molecular weight excluding hydrogens is 192 g/mol. The number of morpholine rings is 1. The largest absolute Gasteiger partial charge is 0.378 e. The maximum absolute atomic E-state index is 11.5. The normalized spacial score (nSPS) is 26.2. The van der Waals surface area contributed by atoms with E-state index in [1.54, 1.807) is 0 Å². The molecule has 1 atom stereocenters. The van der Waals surface area contributed by atoms with Gasteiger partial charge in [-0.1, -0.05) is 6.92 Å². The topological polar surface area (TPSA) is 58.6 Å². The second-order valence-electron chi connectivity index (χ2n) is 2.96. The number of nitrogens with one attached hydrogen (secondary N) is 1. The Morgan fingerprint density at radius 2 is 2.31 bits per heavy atom. The van der Waals surface area contributed by atoms with Gasteiger partial charge in [-0.25, -0.2) is 4.72 Å². The van der Waals surface area contributed by atoms with Crippen LogP contribution >= 0.6 is 0 Å². The fourth-order valence-corrected chi connectivity index (χ4v) is 2.55. The Morgan fingerprint density at radius 1 is 1.62 bits per heavy atom. The molecule has 0 aliphatic carbocycles. The molecule has 13 heavy (non-hydrogen) atoms. The molecule has 0 radical (unpaired) electrons. The summed E-state index contributed by atoms with van der Waals surface area (Å²) in [7, 11) is -1.85. The van der Waals surface area contributed by atoms with Crippen LogP contribution in [0, 0.1) is 0 Å². The number of ether oxygens (including phenoxy) is 1. The molecule has 1 N–H and O–H groups in total. The van der Waals surface area contributed by atoms with Crippen molar-refractivity contribution in [1.82, 2.24) is 9.03 Å². The lowest BCUT2D eigenvalue weighted by Crippen LogP contribution is -2.51. The second-order valence-corrected chi connectivity index (χ2v) is 4.78. The van der Waals surface area contributed by atoms with Crippen molar-refractivity contribution in [3.8, 4) is 0 Å². The SMILES string of the molecule is CC[C@@H]1COCCN1S(=O)(=O)NC. The van der Waals surface area contributed by atoms with Crippen LogP contribution in [0.5, 0.6) is 0 Å². The summed E-state index contributed by atoms with van der Waals surface area (Å²) < 4.78 is 32.0. The first-order chi connectivity index (χ1) is 6.11. The van der Waals surface area contributed by atoms with E-state index in [0.29, 0.717) is 19.8 Å². The zero-order valence-electron chi connectivity index (χ0n) is 7.99. The fraction of sp³-hybridized carbons (Fsp3) is 1.00. The number of rotatable bonds is 3. The highest BCUT2D eigenvalue weighted by molar-refractivity contribution is 7.87. The number of hydrogen-bond donors (Lipinski definition) is 1. The van der Waals surface area contributed by atoms with Crippen molar-refractivity contribution in [2.24, 2.45) is 0 Å². The van der Waals surface area contributed by atoms with Gasteiger partial charge < -0.3 is 4.74 Å². The van der Waals surface area contributed by atoms with E-state index in [1.807, 2.05) is 6.92 Å². The molecular formula is C7H16N2O3S.